The highest BCUT2D eigenvalue weighted by Crippen LogP contribution is 2.24. The van der Waals surface area contributed by atoms with Crippen LogP contribution in [-0.2, 0) is 0 Å². The number of halogens is 2. The third-order valence-electron chi connectivity index (χ3n) is 2.89. The Morgan fingerprint density at radius 1 is 1.10 bits per heavy atom. The Kier molecular flexibility index (Phi) is 3.27. The standard InChI is InChI=1S/C15H9F2N3O/c16-12-5-10(6-13(17)7-12)15-11(9-21)8-20(19-15)14-3-1-2-4-18-14/h1-9H. The average Bonchev–Trinajstić information content (AvgIpc) is 2.91. The summed E-state index contributed by atoms with van der Waals surface area (Å²) in [7, 11) is 0. The highest BCUT2D eigenvalue weighted by atomic mass is 19.1. The third-order valence-corrected chi connectivity index (χ3v) is 2.89. The molecule has 0 unspecified atom stereocenters. The molecule has 0 spiro atoms. The Balaban J connectivity index is 2.14. The third kappa shape index (κ3) is 2.55. The Bertz CT molecular complexity index is 780. The molecular formula is C15H9F2N3O. The molecule has 0 atom stereocenters. The molecule has 4 nitrogen and oxygen atoms in total. The van der Waals surface area contributed by atoms with Gasteiger partial charge in [0.1, 0.15) is 17.3 Å². The summed E-state index contributed by atoms with van der Waals surface area (Å²) in [4.78, 5) is 15.3. The van der Waals surface area contributed by atoms with Crippen molar-refractivity contribution in [3.63, 3.8) is 0 Å². The van der Waals surface area contributed by atoms with Gasteiger partial charge < -0.3 is 0 Å². The molecule has 0 saturated heterocycles. The lowest BCUT2D eigenvalue weighted by Crippen LogP contribution is -1.97. The highest BCUT2D eigenvalue weighted by Gasteiger charge is 2.14. The van der Waals surface area contributed by atoms with Gasteiger partial charge in [-0.3, -0.25) is 4.79 Å². The number of aldehydes is 1. The quantitative estimate of drug-likeness (QED) is 0.695. The molecule has 0 bridgehead atoms. The summed E-state index contributed by atoms with van der Waals surface area (Å²) < 4.78 is 28.0. The van der Waals surface area contributed by atoms with E-state index in [1.165, 1.54) is 10.9 Å². The summed E-state index contributed by atoms with van der Waals surface area (Å²) in [5, 5.41) is 4.19. The highest BCUT2D eigenvalue weighted by molar-refractivity contribution is 5.85. The van der Waals surface area contributed by atoms with Crippen LogP contribution in [0.15, 0.2) is 48.8 Å². The van der Waals surface area contributed by atoms with E-state index in [0.29, 0.717) is 12.1 Å². The van der Waals surface area contributed by atoms with Crippen molar-refractivity contribution in [3.05, 3.63) is 66.0 Å². The summed E-state index contributed by atoms with van der Waals surface area (Å²) in [6, 6.07) is 8.24. The molecule has 0 radical (unpaired) electrons. The number of hydrogen-bond donors (Lipinski definition) is 0. The molecule has 0 aliphatic carbocycles. The molecule has 0 fully saturated rings. The maximum atomic E-state index is 13.3. The Labute approximate surface area is 118 Å². The molecule has 2 aromatic heterocycles. The van der Waals surface area contributed by atoms with Gasteiger partial charge in [0.25, 0.3) is 0 Å². The molecule has 3 aromatic rings. The maximum Gasteiger partial charge on any atom is 0.153 e. The number of pyridine rings is 1. The van der Waals surface area contributed by atoms with Crippen LogP contribution in [-0.4, -0.2) is 21.1 Å². The van der Waals surface area contributed by atoms with Crippen LogP contribution in [0, 0.1) is 11.6 Å². The second kappa shape index (κ2) is 5.24. The lowest BCUT2D eigenvalue weighted by Gasteiger charge is -2.00. The SMILES string of the molecule is O=Cc1cn(-c2ccccn2)nc1-c1cc(F)cc(F)c1. The predicted octanol–water partition coefficient (Wildman–Crippen LogP) is 3.03. The van der Waals surface area contributed by atoms with Crippen LogP contribution in [0.3, 0.4) is 0 Å². The summed E-state index contributed by atoms with van der Waals surface area (Å²) >= 11 is 0. The van der Waals surface area contributed by atoms with E-state index in [-0.39, 0.29) is 16.8 Å². The van der Waals surface area contributed by atoms with Crippen molar-refractivity contribution in [1.82, 2.24) is 14.8 Å². The van der Waals surface area contributed by atoms with E-state index in [4.69, 9.17) is 0 Å². The van der Waals surface area contributed by atoms with E-state index in [1.807, 2.05) is 0 Å². The topological polar surface area (TPSA) is 47.8 Å². The van der Waals surface area contributed by atoms with E-state index >= 15 is 0 Å². The zero-order valence-electron chi connectivity index (χ0n) is 10.7. The van der Waals surface area contributed by atoms with Gasteiger partial charge in [-0.05, 0) is 24.3 Å². The number of aromatic nitrogens is 3. The monoisotopic (exact) mass is 285 g/mol. The van der Waals surface area contributed by atoms with Crippen LogP contribution < -0.4 is 0 Å². The van der Waals surface area contributed by atoms with Crippen LogP contribution in [0.5, 0.6) is 0 Å². The number of hydrogen-bond acceptors (Lipinski definition) is 3. The zero-order valence-corrected chi connectivity index (χ0v) is 10.7. The maximum absolute atomic E-state index is 13.3. The average molecular weight is 285 g/mol. The van der Waals surface area contributed by atoms with Gasteiger partial charge in [-0.25, -0.2) is 18.4 Å². The fraction of sp³-hybridized carbons (Fsp3) is 0. The van der Waals surface area contributed by atoms with Crippen molar-refractivity contribution in [2.45, 2.75) is 0 Å². The lowest BCUT2D eigenvalue weighted by atomic mass is 10.1. The van der Waals surface area contributed by atoms with Gasteiger partial charge >= 0.3 is 0 Å². The van der Waals surface area contributed by atoms with E-state index in [2.05, 4.69) is 10.1 Å². The first-order valence-electron chi connectivity index (χ1n) is 6.10. The van der Waals surface area contributed by atoms with Crippen molar-refractivity contribution in [2.24, 2.45) is 0 Å². The summed E-state index contributed by atoms with van der Waals surface area (Å²) in [6.07, 6.45) is 3.64. The molecule has 0 amide bonds. The Morgan fingerprint density at radius 3 is 2.48 bits per heavy atom. The fourth-order valence-electron chi connectivity index (χ4n) is 2.00. The molecule has 0 saturated carbocycles. The van der Waals surface area contributed by atoms with Crippen LogP contribution in [0.4, 0.5) is 8.78 Å². The molecule has 21 heavy (non-hydrogen) atoms. The Morgan fingerprint density at radius 2 is 1.86 bits per heavy atom. The number of carbonyl (C=O) groups excluding carboxylic acids is 1. The summed E-state index contributed by atoms with van der Waals surface area (Å²) in [5.41, 5.74) is 0.629. The fourth-order valence-corrected chi connectivity index (χ4v) is 2.00. The van der Waals surface area contributed by atoms with Gasteiger partial charge in [0.2, 0.25) is 0 Å². The van der Waals surface area contributed by atoms with E-state index < -0.39 is 11.6 Å². The summed E-state index contributed by atoms with van der Waals surface area (Å²) in [6.45, 7) is 0. The minimum absolute atomic E-state index is 0.198. The molecule has 3 rings (SSSR count). The first kappa shape index (κ1) is 13.1. The van der Waals surface area contributed by atoms with Crippen molar-refractivity contribution < 1.29 is 13.6 Å². The van der Waals surface area contributed by atoms with Gasteiger partial charge in [0.15, 0.2) is 12.1 Å². The molecule has 0 aliphatic rings. The van der Waals surface area contributed by atoms with Gasteiger partial charge in [-0.2, -0.15) is 5.10 Å². The van der Waals surface area contributed by atoms with Gasteiger partial charge in [-0.15, -0.1) is 0 Å². The molecule has 104 valence electrons. The number of carbonyl (C=O) groups is 1. The molecule has 0 N–H and O–H groups in total. The minimum atomic E-state index is -0.728. The number of benzene rings is 1. The minimum Gasteiger partial charge on any atom is -0.298 e. The van der Waals surface area contributed by atoms with Crippen LogP contribution in [0.2, 0.25) is 0 Å². The predicted molar refractivity (Wildman–Crippen MR) is 72.1 cm³/mol. The first-order chi connectivity index (χ1) is 10.2. The molecule has 2 heterocycles. The lowest BCUT2D eigenvalue weighted by molar-refractivity contribution is 0.112. The smallest absolute Gasteiger partial charge is 0.153 e. The number of rotatable bonds is 3. The molecule has 1 aromatic carbocycles. The van der Waals surface area contributed by atoms with Crippen molar-refractivity contribution in [2.75, 3.05) is 0 Å². The number of nitrogens with zero attached hydrogens (tertiary/aromatic N) is 3. The first-order valence-corrected chi connectivity index (χ1v) is 6.10. The summed E-state index contributed by atoms with van der Waals surface area (Å²) in [5.74, 6) is -0.952. The van der Waals surface area contributed by atoms with Gasteiger partial charge in [-0.1, -0.05) is 6.07 Å². The van der Waals surface area contributed by atoms with Crippen molar-refractivity contribution in [3.8, 4) is 17.1 Å². The van der Waals surface area contributed by atoms with Gasteiger partial charge in [0.05, 0.1) is 5.56 Å². The van der Waals surface area contributed by atoms with Crippen molar-refractivity contribution in [1.29, 1.82) is 0 Å². The molecule has 0 aliphatic heterocycles. The molecule has 6 heteroatoms. The van der Waals surface area contributed by atoms with Crippen LogP contribution >= 0.6 is 0 Å². The van der Waals surface area contributed by atoms with Crippen LogP contribution in [0.25, 0.3) is 17.1 Å². The van der Waals surface area contributed by atoms with E-state index in [1.54, 1.807) is 24.4 Å². The van der Waals surface area contributed by atoms with Crippen molar-refractivity contribution >= 4 is 6.29 Å². The Hall–Kier alpha value is -2.89. The van der Waals surface area contributed by atoms with E-state index in [9.17, 15) is 13.6 Å². The zero-order chi connectivity index (χ0) is 14.8. The second-order valence-corrected chi connectivity index (χ2v) is 4.34. The normalized spacial score (nSPS) is 10.6. The van der Waals surface area contributed by atoms with E-state index in [0.717, 1.165) is 18.2 Å². The largest absolute Gasteiger partial charge is 0.298 e. The van der Waals surface area contributed by atoms with Crippen LogP contribution in [0.1, 0.15) is 10.4 Å². The molecular weight excluding hydrogens is 276 g/mol. The second-order valence-electron chi connectivity index (χ2n) is 4.34. The van der Waals surface area contributed by atoms with Gasteiger partial charge in [0, 0.05) is 24.0 Å².